The lowest BCUT2D eigenvalue weighted by atomic mass is 10.1. The van der Waals surface area contributed by atoms with Crippen LogP contribution in [-0.4, -0.2) is 43.2 Å². The summed E-state index contributed by atoms with van der Waals surface area (Å²) >= 11 is 0. The van der Waals surface area contributed by atoms with Gasteiger partial charge in [-0.25, -0.2) is 0 Å². The maximum atomic E-state index is 10.4. The van der Waals surface area contributed by atoms with Gasteiger partial charge in [0.15, 0.2) is 0 Å². The highest BCUT2D eigenvalue weighted by Gasteiger charge is 2.05. The Bertz CT molecular complexity index is 379. The van der Waals surface area contributed by atoms with Crippen LogP contribution in [0.1, 0.15) is 18.4 Å². The van der Waals surface area contributed by atoms with Gasteiger partial charge in [0.25, 0.3) is 0 Å². The number of nitrogens with zero attached hydrogens (tertiary/aromatic N) is 1. The third kappa shape index (κ3) is 5.19. The number of aliphatic carboxylic acids is 1. The number of carboxylic acids is 1. The second kappa shape index (κ2) is 7.71. The summed E-state index contributed by atoms with van der Waals surface area (Å²) in [5.74, 6) is 0.185. The van der Waals surface area contributed by atoms with Gasteiger partial charge < -0.3 is 14.7 Å². The van der Waals surface area contributed by atoms with Crippen molar-refractivity contribution in [2.45, 2.75) is 19.3 Å². The zero-order chi connectivity index (χ0) is 13.4. The molecule has 0 aromatic heterocycles. The molecule has 18 heavy (non-hydrogen) atoms. The second-order valence-electron chi connectivity index (χ2n) is 4.36. The van der Waals surface area contributed by atoms with Crippen LogP contribution >= 0.6 is 0 Å². The Balaban J connectivity index is 2.33. The third-order valence-electron chi connectivity index (χ3n) is 2.89. The molecular weight excluding hydrogens is 230 g/mol. The van der Waals surface area contributed by atoms with Gasteiger partial charge in [0.1, 0.15) is 5.75 Å². The summed E-state index contributed by atoms with van der Waals surface area (Å²) in [5, 5.41) is 8.57. The molecule has 4 heteroatoms. The number of carbonyl (C=O) groups is 1. The molecule has 0 fully saturated rings. The molecule has 4 nitrogen and oxygen atoms in total. The van der Waals surface area contributed by atoms with Gasteiger partial charge in [-0.2, -0.15) is 0 Å². The number of methoxy groups -OCH3 is 1. The van der Waals surface area contributed by atoms with Crippen LogP contribution in [0.2, 0.25) is 0 Å². The third-order valence-corrected chi connectivity index (χ3v) is 2.89. The number of hydrogen-bond donors (Lipinski definition) is 1. The summed E-state index contributed by atoms with van der Waals surface area (Å²) < 4.78 is 5.29. The van der Waals surface area contributed by atoms with Crippen molar-refractivity contribution in [2.24, 2.45) is 0 Å². The van der Waals surface area contributed by atoms with Gasteiger partial charge in [-0.1, -0.05) is 18.2 Å². The standard InChI is InChI=1S/C14H21NO3/c1-15(10-5-8-14(16)17)11-9-12-6-3-4-7-13(12)18-2/h3-4,6-7H,5,8-11H2,1-2H3,(H,16,17). The minimum atomic E-state index is -0.729. The maximum Gasteiger partial charge on any atom is 0.303 e. The molecule has 0 radical (unpaired) electrons. The molecule has 1 aromatic rings. The molecule has 0 amide bonds. The minimum Gasteiger partial charge on any atom is -0.496 e. The average molecular weight is 251 g/mol. The quantitative estimate of drug-likeness (QED) is 0.768. The van der Waals surface area contributed by atoms with E-state index in [1.165, 1.54) is 5.56 Å². The zero-order valence-corrected chi connectivity index (χ0v) is 11.1. The summed E-state index contributed by atoms with van der Waals surface area (Å²) in [6.45, 7) is 1.71. The summed E-state index contributed by atoms with van der Waals surface area (Å²) in [6.07, 6.45) is 1.84. The van der Waals surface area contributed by atoms with E-state index in [0.29, 0.717) is 6.42 Å². The highest BCUT2D eigenvalue weighted by molar-refractivity contribution is 5.66. The molecule has 0 unspecified atom stereocenters. The summed E-state index contributed by atoms with van der Waals surface area (Å²) in [6, 6.07) is 7.98. The van der Waals surface area contributed by atoms with Crippen LogP contribution < -0.4 is 4.74 Å². The SMILES string of the molecule is COc1ccccc1CCN(C)CCCC(=O)O. The van der Waals surface area contributed by atoms with Crippen LogP contribution in [0.4, 0.5) is 0 Å². The number of para-hydroxylation sites is 1. The fourth-order valence-corrected chi connectivity index (χ4v) is 1.83. The number of hydrogen-bond acceptors (Lipinski definition) is 3. The first-order valence-corrected chi connectivity index (χ1v) is 6.15. The Morgan fingerprint density at radius 2 is 2.06 bits per heavy atom. The van der Waals surface area contributed by atoms with Gasteiger partial charge >= 0.3 is 5.97 Å². The second-order valence-corrected chi connectivity index (χ2v) is 4.36. The van der Waals surface area contributed by atoms with E-state index in [2.05, 4.69) is 11.0 Å². The number of carboxylic acid groups (broad SMARTS) is 1. The molecule has 0 spiro atoms. The van der Waals surface area contributed by atoms with E-state index in [1.807, 2.05) is 25.2 Å². The molecule has 0 saturated carbocycles. The fourth-order valence-electron chi connectivity index (χ4n) is 1.83. The lowest BCUT2D eigenvalue weighted by molar-refractivity contribution is -0.137. The first kappa shape index (κ1) is 14.5. The van der Waals surface area contributed by atoms with Crippen molar-refractivity contribution in [1.29, 1.82) is 0 Å². The first-order chi connectivity index (χ1) is 8.63. The smallest absolute Gasteiger partial charge is 0.303 e. The van der Waals surface area contributed by atoms with E-state index < -0.39 is 5.97 Å². The number of benzene rings is 1. The highest BCUT2D eigenvalue weighted by Crippen LogP contribution is 2.17. The normalized spacial score (nSPS) is 10.6. The maximum absolute atomic E-state index is 10.4. The van der Waals surface area contributed by atoms with E-state index in [1.54, 1.807) is 7.11 Å². The van der Waals surface area contributed by atoms with Crippen LogP contribution in [0.3, 0.4) is 0 Å². The molecule has 0 aliphatic rings. The first-order valence-electron chi connectivity index (χ1n) is 6.15. The number of likely N-dealkylation sites (N-methyl/N-ethyl adjacent to an activating group) is 1. The summed E-state index contributed by atoms with van der Waals surface area (Å²) in [5.41, 5.74) is 1.19. The van der Waals surface area contributed by atoms with Crippen molar-refractivity contribution in [3.8, 4) is 5.75 Å². The Labute approximate surface area is 108 Å². The van der Waals surface area contributed by atoms with Crippen molar-refractivity contribution >= 4 is 5.97 Å². The molecule has 0 aliphatic heterocycles. The van der Waals surface area contributed by atoms with Crippen molar-refractivity contribution in [3.63, 3.8) is 0 Å². The van der Waals surface area contributed by atoms with Crippen LogP contribution in [0.5, 0.6) is 5.75 Å². The van der Waals surface area contributed by atoms with Crippen LogP contribution in [0.15, 0.2) is 24.3 Å². The average Bonchev–Trinajstić information content (AvgIpc) is 2.36. The molecule has 0 atom stereocenters. The lowest BCUT2D eigenvalue weighted by Gasteiger charge is -2.16. The van der Waals surface area contributed by atoms with Gasteiger partial charge in [-0.15, -0.1) is 0 Å². The Morgan fingerprint density at radius 1 is 1.33 bits per heavy atom. The van der Waals surface area contributed by atoms with Crippen molar-refractivity contribution in [2.75, 3.05) is 27.2 Å². The van der Waals surface area contributed by atoms with E-state index in [0.717, 1.165) is 25.3 Å². The van der Waals surface area contributed by atoms with Gasteiger partial charge in [-0.05, 0) is 38.1 Å². The predicted octanol–water partition coefficient (Wildman–Crippen LogP) is 2.03. The monoisotopic (exact) mass is 251 g/mol. The number of ether oxygens (including phenoxy) is 1. The summed E-state index contributed by atoms with van der Waals surface area (Å²) in [4.78, 5) is 12.6. The Kier molecular flexibility index (Phi) is 6.22. The topological polar surface area (TPSA) is 49.8 Å². The Morgan fingerprint density at radius 3 is 2.72 bits per heavy atom. The van der Waals surface area contributed by atoms with E-state index in [9.17, 15) is 4.79 Å². The van der Waals surface area contributed by atoms with Gasteiger partial charge in [0.2, 0.25) is 0 Å². The Hall–Kier alpha value is -1.55. The van der Waals surface area contributed by atoms with E-state index in [4.69, 9.17) is 9.84 Å². The largest absolute Gasteiger partial charge is 0.496 e. The van der Waals surface area contributed by atoms with Crippen LogP contribution in [0.25, 0.3) is 0 Å². The molecule has 100 valence electrons. The fraction of sp³-hybridized carbons (Fsp3) is 0.500. The van der Waals surface area contributed by atoms with Crippen molar-refractivity contribution in [1.82, 2.24) is 4.90 Å². The van der Waals surface area contributed by atoms with Crippen LogP contribution in [-0.2, 0) is 11.2 Å². The van der Waals surface area contributed by atoms with Gasteiger partial charge in [0.05, 0.1) is 7.11 Å². The highest BCUT2D eigenvalue weighted by atomic mass is 16.5. The predicted molar refractivity (Wildman–Crippen MR) is 71.1 cm³/mol. The molecule has 1 aromatic carbocycles. The number of rotatable bonds is 8. The molecule has 1 N–H and O–H groups in total. The molecule has 0 heterocycles. The summed E-state index contributed by atoms with van der Waals surface area (Å²) in [7, 11) is 3.69. The van der Waals surface area contributed by atoms with Gasteiger partial charge in [0, 0.05) is 13.0 Å². The van der Waals surface area contributed by atoms with Crippen molar-refractivity contribution < 1.29 is 14.6 Å². The van der Waals surface area contributed by atoms with Crippen molar-refractivity contribution in [3.05, 3.63) is 29.8 Å². The molecule has 0 bridgehead atoms. The van der Waals surface area contributed by atoms with Gasteiger partial charge in [-0.3, -0.25) is 4.79 Å². The molecule has 1 rings (SSSR count). The minimum absolute atomic E-state index is 0.235. The molecular formula is C14H21NO3. The molecule has 0 saturated heterocycles. The van der Waals surface area contributed by atoms with E-state index >= 15 is 0 Å². The molecule has 0 aliphatic carbocycles. The van der Waals surface area contributed by atoms with E-state index in [-0.39, 0.29) is 6.42 Å². The van der Waals surface area contributed by atoms with Crippen LogP contribution in [0, 0.1) is 0 Å². The zero-order valence-electron chi connectivity index (χ0n) is 11.1. The lowest BCUT2D eigenvalue weighted by Crippen LogP contribution is -2.23.